The first-order valence-corrected chi connectivity index (χ1v) is 6.95. The monoisotopic (exact) mass is 234 g/mol. The van der Waals surface area contributed by atoms with Gasteiger partial charge < -0.3 is 5.32 Å². The van der Waals surface area contributed by atoms with Crippen LogP contribution in [0.15, 0.2) is 0 Å². The number of hydrogen-bond acceptors (Lipinski definition) is 3. The van der Waals surface area contributed by atoms with Crippen molar-refractivity contribution >= 4 is 15.9 Å². The third-order valence-corrected chi connectivity index (χ3v) is 3.91. The lowest BCUT2D eigenvalue weighted by Gasteiger charge is -2.16. The average Bonchev–Trinajstić information content (AvgIpc) is 2.54. The fourth-order valence-electron chi connectivity index (χ4n) is 1.66. The molecule has 1 aliphatic rings. The number of likely N-dealkylation sites (N-methyl/N-ethyl adjacent to an activating group) is 1. The SMILES string of the molecule is CN(CC(=O)NC1CCCC1)S(C)(=O)=O. The summed E-state index contributed by atoms with van der Waals surface area (Å²) in [6, 6.07) is 0.241. The largest absolute Gasteiger partial charge is 0.352 e. The minimum Gasteiger partial charge on any atom is -0.352 e. The molecule has 1 N–H and O–H groups in total. The van der Waals surface area contributed by atoms with Crippen LogP contribution in [-0.4, -0.2) is 44.5 Å². The number of nitrogens with one attached hydrogen (secondary N) is 1. The molecule has 6 heteroatoms. The van der Waals surface area contributed by atoms with Gasteiger partial charge in [-0.1, -0.05) is 12.8 Å². The van der Waals surface area contributed by atoms with Crippen LogP contribution in [0.3, 0.4) is 0 Å². The molecule has 0 aliphatic heterocycles. The van der Waals surface area contributed by atoms with Crippen LogP contribution in [0.1, 0.15) is 25.7 Å². The first kappa shape index (κ1) is 12.4. The summed E-state index contributed by atoms with van der Waals surface area (Å²) < 4.78 is 23.2. The molecular formula is C9H18N2O3S. The molecule has 0 atom stereocenters. The van der Waals surface area contributed by atoms with Crippen molar-refractivity contribution in [3.05, 3.63) is 0 Å². The van der Waals surface area contributed by atoms with E-state index < -0.39 is 10.0 Å². The fourth-order valence-corrected chi connectivity index (χ4v) is 2.01. The zero-order valence-corrected chi connectivity index (χ0v) is 10.0. The average molecular weight is 234 g/mol. The summed E-state index contributed by atoms with van der Waals surface area (Å²) in [6.45, 7) is -0.0880. The number of amides is 1. The van der Waals surface area contributed by atoms with Crippen LogP contribution in [0.4, 0.5) is 0 Å². The topological polar surface area (TPSA) is 66.5 Å². The molecule has 88 valence electrons. The standard InChI is InChI=1S/C9H18N2O3S/c1-11(15(2,13)14)7-9(12)10-8-5-3-4-6-8/h8H,3-7H2,1-2H3,(H,10,12). The molecular weight excluding hydrogens is 216 g/mol. The van der Waals surface area contributed by atoms with Gasteiger partial charge in [-0.05, 0) is 12.8 Å². The normalized spacial score (nSPS) is 18.3. The van der Waals surface area contributed by atoms with Crippen LogP contribution in [-0.2, 0) is 14.8 Å². The van der Waals surface area contributed by atoms with Crippen molar-refractivity contribution in [1.82, 2.24) is 9.62 Å². The van der Waals surface area contributed by atoms with E-state index in [1.165, 1.54) is 7.05 Å². The third-order valence-electron chi connectivity index (χ3n) is 2.65. The highest BCUT2D eigenvalue weighted by Crippen LogP contribution is 2.17. The lowest BCUT2D eigenvalue weighted by Crippen LogP contribution is -2.41. The Hall–Kier alpha value is -0.620. The van der Waals surface area contributed by atoms with Gasteiger partial charge in [0.2, 0.25) is 15.9 Å². The Morgan fingerprint density at radius 1 is 1.40 bits per heavy atom. The van der Waals surface area contributed by atoms with E-state index in [2.05, 4.69) is 5.32 Å². The Kier molecular flexibility index (Phi) is 4.10. The molecule has 5 nitrogen and oxygen atoms in total. The summed E-state index contributed by atoms with van der Waals surface area (Å²) in [7, 11) is -1.85. The summed E-state index contributed by atoms with van der Waals surface area (Å²) >= 11 is 0. The van der Waals surface area contributed by atoms with Crippen LogP contribution < -0.4 is 5.32 Å². The molecule has 0 aromatic heterocycles. The fraction of sp³-hybridized carbons (Fsp3) is 0.889. The van der Waals surface area contributed by atoms with Crippen molar-refractivity contribution in [2.45, 2.75) is 31.7 Å². The Morgan fingerprint density at radius 3 is 2.40 bits per heavy atom. The van der Waals surface area contributed by atoms with E-state index in [0.29, 0.717) is 0 Å². The van der Waals surface area contributed by atoms with E-state index in [1.54, 1.807) is 0 Å². The number of carbonyl (C=O) groups is 1. The molecule has 0 radical (unpaired) electrons. The number of nitrogens with zero attached hydrogens (tertiary/aromatic N) is 1. The van der Waals surface area contributed by atoms with Crippen molar-refractivity contribution in [2.75, 3.05) is 19.8 Å². The van der Waals surface area contributed by atoms with Crippen molar-refractivity contribution in [2.24, 2.45) is 0 Å². The van der Waals surface area contributed by atoms with E-state index in [1.807, 2.05) is 0 Å². The second-order valence-corrected chi connectivity index (χ2v) is 6.16. The highest BCUT2D eigenvalue weighted by molar-refractivity contribution is 7.88. The van der Waals surface area contributed by atoms with E-state index in [9.17, 15) is 13.2 Å². The van der Waals surface area contributed by atoms with Crippen molar-refractivity contribution < 1.29 is 13.2 Å². The molecule has 1 amide bonds. The minimum atomic E-state index is -3.26. The van der Waals surface area contributed by atoms with Crippen LogP contribution in [0.2, 0.25) is 0 Å². The lowest BCUT2D eigenvalue weighted by molar-refractivity contribution is -0.121. The summed E-state index contributed by atoms with van der Waals surface area (Å²) in [5.41, 5.74) is 0. The summed E-state index contributed by atoms with van der Waals surface area (Å²) in [4.78, 5) is 11.4. The maximum absolute atomic E-state index is 11.4. The molecule has 0 heterocycles. The number of hydrogen-bond donors (Lipinski definition) is 1. The Balaban J connectivity index is 2.35. The Morgan fingerprint density at radius 2 is 1.93 bits per heavy atom. The van der Waals surface area contributed by atoms with E-state index in [-0.39, 0.29) is 18.5 Å². The molecule has 1 saturated carbocycles. The number of sulfonamides is 1. The minimum absolute atomic E-state index is 0.0880. The summed E-state index contributed by atoms with van der Waals surface area (Å²) in [5, 5.41) is 2.84. The number of rotatable bonds is 4. The molecule has 1 fully saturated rings. The summed E-state index contributed by atoms with van der Waals surface area (Å²) in [5.74, 6) is -0.213. The van der Waals surface area contributed by atoms with Gasteiger partial charge in [0.25, 0.3) is 0 Å². The van der Waals surface area contributed by atoms with Crippen LogP contribution in [0, 0.1) is 0 Å². The first-order chi connectivity index (χ1) is 6.89. The van der Waals surface area contributed by atoms with Gasteiger partial charge in [0.05, 0.1) is 12.8 Å². The third kappa shape index (κ3) is 4.17. The van der Waals surface area contributed by atoms with Gasteiger partial charge in [0, 0.05) is 13.1 Å². The van der Waals surface area contributed by atoms with Crippen LogP contribution >= 0.6 is 0 Å². The smallest absolute Gasteiger partial charge is 0.235 e. The molecule has 15 heavy (non-hydrogen) atoms. The van der Waals surface area contributed by atoms with Crippen LogP contribution in [0.25, 0.3) is 0 Å². The van der Waals surface area contributed by atoms with E-state index >= 15 is 0 Å². The predicted octanol–water partition coefficient (Wildman–Crippen LogP) is -0.0634. The maximum atomic E-state index is 11.4. The Labute approximate surface area is 90.9 Å². The van der Waals surface area contributed by atoms with E-state index in [4.69, 9.17) is 0 Å². The molecule has 0 unspecified atom stereocenters. The Bertz CT molecular complexity index is 320. The second-order valence-electron chi connectivity index (χ2n) is 4.07. The molecule has 0 saturated heterocycles. The van der Waals surface area contributed by atoms with Gasteiger partial charge in [-0.15, -0.1) is 0 Å². The van der Waals surface area contributed by atoms with Crippen LogP contribution in [0.5, 0.6) is 0 Å². The first-order valence-electron chi connectivity index (χ1n) is 5.10. The number of carbonyl (C=O) groups excluding carboxylic acids is 1. The van der Waals surface area contributed by atoms with Gasteiger partial charge in [0.15, 0.2) is 0 Å². The van der Waals surface area contributed by atoms with Gasteiger partial charge in [0.1, 0.15) is 0 Å². The van der Waals surface area contributed by atoms with Crippen molar-refractivity contribution in [3.63, 3.8) is 0 Å². The quantitative estimate of drug-likeness (QED) is 0.741. The zero-order chi connectivity index (χ0) is 11.5. The maximum Gasteiger partial charge on any atom is 0.235 e. The highest BCUT2D eigenvalue weighted by atomic mass is 32.2. The van der Waals surface area contributed by atoms with Gasteiger partial charge in [-0.3, -0.25) is 4.79 Å². The zero-order valence-electron chi connectivity index (χ0n) is 9.19. The van der Waals surface area contributed by atoms with Crippen molar-refractivity contribution in [1.29, 1.82) is 0 Å². The van der Waals surface area contributed by atoms with Gasteiger partial charge >= 0.3 is 0 Å². The molecule has 0 bridgehead atoms. The molecule has 0 aromatic rings. The van der Waals surface area contributed by atoms with Crippen molar-refractivity contribution in [3.8, 4) is 0 Å². The van der Waals surface area contributed by atoms with E-state index in [0.717, 1.165) is 36.2 Å². The highest BCUT2D eigenvalue weighted by Gasteiger charge is 2.20. The summed E-state index contributed by atoms with van der Waals surface area (Å²) in [6.07, 6.45) is 5.40. The van der Waals surface area contributed by atoms with Gasteiger partial charge in [-0.25, -0.2) is 8.42 Å². The molecule has 1 rings (SSSR count). The molecule has 0 spiro atoms. The molecule has 0 aromatic carbocycles. The lowest BCUT2D eigenvalue weighted by atomic mass is 10.2. The predicted molar refractivity (Wildman–Crippen MR) is 57.9 cm³/mol. The molecule has 1 aliphatic carbocycles. The second kappa shape index (κ2) is 4.94. The van der Waals surface area contributed by atoms with Gasteiger partial charge in [-0.2, -0.15) is 4.31 Å².